The molecule has 0 atom stereocenters. The summed E-state index contributed by atoms with van der Waals surface area (Å²) < 4.78 is 29.2. The molecule has 1 aromatic carbocycles. The third-order valence-corrected chi connectivity index (χ3v) is 4.19. The normalized spacial score (nSPS) is 11.4. The molecule has 0 N–H and O–H groups in total. The molecule has 10 heteroatoms. The second-order valence-electron chi connectivity index (χ2n) is 3.53. The Bertz CT molecular complexity index is 641. The van der Waals surface area contributed by atoms with Crippen LogP contribution in [0.15, 0.2) is 23.1 Å². The highest BCUT2D eigenvalue weighted by atomic mass is 32.2. The lowest BCUT2D eigenvalue weighted by molar-refractivity contribution is -0.384. The SMILES string of the molecule is COC(=O)c1cc([N+](=O)[O-])ccc1S(=O)(=O)N(C)OC. The standard InChI is InChI=1S/C10H12N2O7S/c1-11(19-3)20(16,17)9-5-4-7(12(14)15)6-8(9)10(13)18-2/h4-6H,1-3H3. The quantitative estimate of drug-likeness (QED) is 0.443. The molecule has 1 rings (SSSR count). The van der Waals surface area contributed by atoms with Gasteiger partial charge < -0.3 is 4.74 Å². The first-order chi connectivity index (χ1) is 9.25. The van der Waals surface area contributed by atoms with Gasteiger partial charge in [-0.05, 0) is 6.07 Å². The molecular formula is C10H12N2O7S. The van der Waals surface area contributed by atoms with Crippen LogP contribution in [-0.4, -0.2) is 45.0 Å². The summed E-state index contributed by atoms with van der Waals surface area (Å²) in [6, 6.07) is 2.76. The van der Waals surface area contributed by atoms with Crippen LogP contribution in [0.3, 0.4) is 0 Å². The number of nitrogens with zero attached hydrogens (tertiary/aromatic N) is 2. The van der Waals surface area contributed by atoms with Crippen molar-refractivity contribution in [3.63, 3.8) is 0 Å². The van der Waals surface area contributed by atoms with Crippen LogP contribution in [0.1, 0.15) is 10.4 Å². The number of ether oxygens (including phenoxy) is 1. The molecule has 0 unspecified atom stereocenters. The fraction of sp³-hybridized carbons (Fsp3) is 0.300. The van der Waals surface area contributed by atoms with Crippen molar-refractivity contribution in [2.75, 3.05) is 21.3 Å². The molecule has 20 heavy (non-hydrogen) atoms. The molecule has 0 bridgehead atoms. The van der Waals surface area contributed by atoms with E-state index >= 15 is 0 Å². The minimum absolute atomic E-state index is 0.426. The smallest absolute Gasteiger partial charge is 0.339 e. The van der Waals surface area contributed by atoms with E-state index in [4.69, 9.17) is 0 Å². The number of esters is 1. The number of nitro benzene ring substituents is 1. The maximum atomic E-state index is 12.1. The van der Waals surface area contributed by atoms with E-state index in [-0.39, 0.29) is 0 Å². The van der Waals surface area contributed by atoms with Crippen LogP contribution in [0.4, 0.5) is 5.69 Å². The lowest BCUT2D eigenvalue weighted by Crippen LogP contribution is -2.27. The van der Waals surface area contributed by atoms with Gasteiger partial charge in [0.15, 0.2) is 0 Å². The Morgan fingerprint density at radius 3 is 2.40 bits per heavy atom. The minimum atomic E-state index is -4.13. The van der Waals surface area contributed by atoms with Crippen LogP contribution in [0.25, 0.3) is 0 Å². The predicted molar refractivity (Wildman–Crippen MR) is 66.4 cm³/mol. The monoisotopic (exact) mass is 304 g/mol. The van der Waals surface area contributed by atoms with Crippen molar-refractivity contribution in [3.05, 3.63) is 33.9 Å². The zero-order chi connectivity index (χ0) is 15.5. The highest BCUT2D eigenvalue weighted by Crippen LogP contribution is 2.24. The van der Waals surface area contributed by atoms with Gasteiger partial charge in [0.25, 0.3) is 15.7 Å². The van der Waals surface area contributed by atoms with E-state index in [1.165, 1.54) is 0 Å². The number of carbonyl (C=O) groups excluding carboxylic acids is 1. The van der Waals surface area contributed by atoms with Gasteiger partial charge in [-0.2, -0.15) is 0 Å². The lowest BCUT2D eigenvalue weighted by atomic mass is 10.2. The van der Waals surface area contributed by atoms with E-state index in [9.17, 15) is 23.3 Å². The molecule has 9 nitrogen and oxygen atoms in total. The topological polar surface area (TPSA) is 116 Å². The molecule has 110 valence electrons. The van der Waals surface area contributed by atoms with Gasteiger partial charge in [0.1, 0.15) is 0 Å². The average molecular weight is 304 g/mol. The highest BCUT2D eigenvalue weighted by Gasteiger charge is 2.29. The Kier molecular flexibility index (Phi) is 4.76. The van der Waals surface area contributed by atoms with E-state index < -0.39 is 37.1 Å². The van der Waals surface area contributed by atoms with E-state index in [0.29, 0.717) is 4.47 Å². The van der Waals surface area contributed by atoms with Gasteiger partial charge in [-0.1, -0.05) is 4.47 Å². The molecule has 0 amide bonds. The van der Waals surface area contributed by atoms with Gasteiger partial charge in [0.05, 0.1) is 29.6 Å². The molecular weight excluding hydrogens is 292 g/mol. The molecule has 0 aliphatic carbocycles. The molecule has 0 spiro atoms. The van der Waals surface area contributed by atoms with Crippen molar-refractivity contribution < 1.29 is 27.7 Å². The molecule has 0 fully saturated rings. The third-order valence-electron chi connectivity index (χ3n) is 2.45. The Hall–Kier alpha value is -2.04. The van der Waals surface area contributed by atoms with Crippen LogP contribution < -0.4 is 0 Å². The predicted octanol–water partition coefficient (Wildman–Crippen LogP) is 0.563. The summed E-state index contributed by atoms with van der Waals surface area (Å²) in [5, 5.41) is 10.7. The van der Waals surface area contributed by atoms with Gasteiger partial charge in [-0.15, -0.1) is 0 Å². The summed E-state index contributed by atoms with van der Waals surface area (Å²) in [6.45, 7) is 0. The Morgan fingerprint density at radius 1 is 1.35 bits per heavy atom. The van der Waals surface area contributed by atoms with Gasteiger partial charge >= 0.3 is 5.97 Å². The molecule has 0 saturated carbocycles. The van der Waals surface area contributed by atoms with Gasteiger partial charge in [-0.3, -0.25) is 15.0 Å². The molecule has 0 heterocycles. The van der Waals surface area contributed by atoms with E-state index in [1.807, 2.05) is 0 Å². The number of rotatable bonds is 5. The summed E-state index contributed by atoms with van der Waals surface area (Å²) in [5.41, 5.74) is -0.866. The summed E-state index contributed by atoms with van der Waals surface area (Å²) >= 11 is 0. The Labute approximate surface area is 114 Å². The molecule has 0 aliphatic rings. The van der Waals surface area contributed by atoms with Crippen molar-refractivity contribution in [3.8, 4) is 0 Å². The van der Waals surface area contributed by atoms with Gasteiger partial charge in [0, 0.05) is 19.2 Å². The second-order valence-corrected chi connectivity index (χ2v) is 5.43. The number of sulfonamides is 1. The number of non-ortho nitro benzene ring substituents is 1. The largest absolute Gasteiger partial charge is 0.465 e. The Morgan fingerprint density at radius 2 is 1.95 bits per heavy atom. The first kappa shape index (κ1) is 16.0. The molecule has 0 aromatic heterocycles. The third kappa shape index (κ3) is 2.92. The van der Waals surface area contributed by atoms with Crippen molar-refractivity contribution in [1.82, 2.24) is 4.47 Å². The number of nitro groups is 1. The molecule has 0 radical (unpaired) electrons. The number of benzene rings is 1. The maximum absolute atomic E-state index is 12.1. The first-order valence-electron chi connectivity index (χ1n) is 5.15. The lowest BCUT2D eigenvalue weighted by Gasteiger charge is -2.15. The van der Waals surface area contributed by atoms with Crippen LogP contribution >= 0.6 is 0 Å². The van der Waals surface area contributed by atoms with Crippen LogP contribution in [0.5, 0.6) is 0 Å². The maximum Gasteiger partial charge on any atom is 0.339 e. The fourth-order valence-corrected chi connectivity index (χ4v) is 2.50. The van der Waals surface area contributed by atoms with E-state index in [1.54, 1.807) is 0 Å². The number of carbonyl (C=O) groups is 1. The van der Waals surface area contributed by atoms with Crippen molar-refractivity contribution >= 4 is 21.7 Å². The molecule has 1 aromatic rings. The van der Waals surface area contributed by atoms with Crippen molar-refractivity contribution in [1.29, 1.82) is 0 Å². The first-order valence-corrected chi connectivity index (χ1v) is 6.59. The second kappa shape index (κ2) is 5.94. The van der Waals surface area contributed by atoms with Crippen LogP contribution in [0, 0.1) is 10.1 Å². The van der Waals surface area contributed by atoms with Gasteiger partial charge in [-0.25, -0.2) is 13.2 Å². The summed E-state index contributed by atoms with van der Waals surface area (Å²) in [4.78, 5) is 25.7. The summed E-state index contributed by atoms with van der Waals surface area (Å²) in [6.07, 6.45) is 0. The fourth-order valence-electron chi connectivity index (χ4n) is 1.36. The zero-order valence-corrected chi connectivity index (χ0v) is 11.7. The van der Waals surface area contributed by atoms with Crippen molar-refractivity contribution in [2.24, 2.45) is 0 Å². The minimum Gasteiger partial charge on any atom is -0.465 e. The Balaban J connectivity index is 3.55. The van der Waals surface area contributed by atoms with E-state index in [2.05, 4.69) is 9.57 Å². The van der Waals surface area contributed by atoms with E-state index in [0.717, 1.165) is 39.5 Å². The van der Waals surface area contributed by atoms with Gasteiger partial charge in [0.2, 0.25) is 0 Å². The number of hydrogen-bond donors (Lipinski definition) is 0. The van der Waals surface area contributed by atoms with Crippen molar-refractivity contribution in [2.45, 2.75) is 4.90 Å². The summed E-state index contributed by atoms with van der Waals surface area (Å²) in [5.74, 6) is -1.00. The zero-order valence-electron chi connectivity index (χ0n) is 10.9. The summed E-state index contributed by atoms with van der Waals surface area (Å²) in [7, 11) is -0.842. The van der Waals surface area contributed by atoms with Crippen LogP contribution in [0.2, 0.25) is 0 Å². The number of methoxy groups -OCH3 is 1. The number of hydrogen-bond acceptors (Lipinski definition) is 7. The average Bonchev–Trinajstić information content (AvgIpc) is 2.44. The molecule has 0 aliphatic heterocycles. The highest BCUT2D eigenvalue weighted by molar-refractivity contribution is 7.89. The number of hydroxylamine groups is 1. The van der Waals surface area contributed by atoms with Crippen LogP contribution in [-0.2, 0) is 19.6 Å². The molecule has 0 saturated heterocycles.